The molecule has 212 valence electrons. The van der Waals surface area contributed by atoms with Crippen molar-refractivity contribution in [3.8, 4) is 21.8 Å². The minimum atomic E-state index is -4.41. The van der Waals surface area contributed by atoms with E-state index in [9.17, 15) is 18.0 Å². The molecule has 40 heavy (non-hydrogen) atoms. The molecule has 0 radical (unpaired) electrons. The molecule has 1 fully saturated rings. The van der Waals surface area contributed by atoms with Gasteiger partial charge in [0.05, 0.1) is 28.0 Å². The fraction of sp³-hybridized carbons (Fsp3) is 0.429. The lowest BCUT2D eigenvalue weighted by molar-refractivity contribution is -0.146. The number of alkyl halides is 3. The fourth-order valence-corrected chi connectivity index (χ4v) is 5.94. The number of likely N-dealkylation sites (N-methyl/N-ethyl adjacent to an activating group) is 1. The van der Waals surface area contributed by atoms with Gasteiger partial charge in [-0.3, -0.25) is 9.69 Å². The number of halogens is 3. The molecule has 5 heterocycles. The Morgan fingerprint density at radius 2 is 2.00 bits per heavy atom. The molecule has 4 aromatic heterocycles. The van der Waals surface area contributed by atoms with Crippen LogP contribution in [-0.4, -0.2) is 74.8 Å². The van der Waals surface area contributed by atoms with Gasteiger partial charge >= 0.3 is 6.18 Å². The van der Waals surface area contributed by atoms with Crippen molar-refractivity contribution < 1.29 is 18.0 Å². The predicted octanol–water partition coefficient (Wildman–Crippen LogP) is 5.51. The average molecular weight is 572 g/mol. The molecular formula is C28H32F3N7OS. The maximum absolute atomic E-state index is 13.9. The molecule has 1 aliphatic heterocycles. The first-order valence-electron chi connectivity index (χ1n) is 13.5. The molecule has 0 aliphatic carbocycles. The Hall–Kier alpha value is -3.51. The zero-order valence-corrected chi connectivity index (χ0v) is 23.5. The van der Waals surface area contributed by atoms with Gasteiger partial charge in [-0.1, -0.05) is 19.9 Å². The summed E-state index contributed by atoms with van der Waals surface area (Å²) in [6.45, 7) is 8.46. The third-order valence-corrected chi connectivity index (χ3v) is 8.30. The van der Waals surface area contributed by atoms with Crippen LogP contribution in [0.5, 0.6) is 0 Å². The highest BCUT2D eigenvalue weighted by Gasteiger charge is 2.46. The molecule has 1 saturated heterocycles. The summed E-state index contributed by atoms with van der Waals surface area (Å²) >= 11 is 1.55. The summed E-state index contributed by atoms with van der Waals surface area (Å²) < 4.78 is 43.3. The number of carbonyl (C=O) groups excluding carboxylic acids is 1. The summed E-state index contributed by atoms with van der Waals surface area (Å²) in [5.74, 6) is -0.247. The Morgan fingerprint density at radius 1 is 1.20 bits per heavy atom. The van der Waals surface area contributed by atoms with Gasteiger partial charge in [-0.2, -0.15) is 18.3 Å². The predicted molar refractivity (Wildman–Crippen MR) is 151 cm³/mol. The minimum absolute atomic E-state index is 0.0131. The first-order chi connectivity index (χ1) is 19.2. The number of rotatable bonds is 9. The van der Waals surface area contributed by atoms with Gasteiger partial charge in [0, 0.05) is 30.9 Å². The second-order valence-corrected chi connectivity index (χ2v) is 10.8. The van der Waals surface area contributed by atoms with E-state index in [0.29, 0.717) is 29.9 Å². The van der Waals surface area contributed by atoms with Gasteiger partial charge in [-0.05, 0) is 62.5 Å². The van der Waals surface area contributed by atoms with Crippen LogP contribution in [0.15, 0.2) is 48.1 Å². The first kappa shape index (κ1) is 28.0. The number of carbonyl (C=O) groups is 1. The van der Waals surface area contributed by atoms with Crippen LogP contribution in [0.2, 0.25) is 0 Å². The van der Waals surface area contributed by atoms with Crippen molar-refractivity contribution in [1.82, 2.24) is 29.8 Å². The zero-order chi connectivity index (χ0) is 28.4. The van der Waals surface area contributed by atoms with Gasteiger partial charge in [0.15, 0.2) is 5.65 Å². The Morgan fingerprint density at radius 3 is 2.70 bits per heavy atom. The van der Waals surface area contributed by atoms with E-state index in [1.165, 1.54) is 11.0 Å². The molecule has 1 amide bonds. The van der Waals surface area contributed by atoms with E-state index in [1.54, 1.807) is 34.3 Å². The summed E-state index contributed by atoms with van der Waals surface area (Å²) in [6.07, 6.45) is -0.658. The van der Waals surface area contributed by atoms with Crippen LogP contribution in [0, 0.1) is 0 Å². The van der Waals surface area contributed by atoms with E-state index < -0.39 is 12.2 Å². The van der Waals surface area contributed by atoms with Gasteiger partial charge in [0.2, 0.25) is 0 Å². The molecule has 1 N–H and O–H groups in total. The summed E-state index contributed by atoms with van der Waals surface area (Å²) in [5, 5.41) is 9.31. The van der Waals surface area contributed by atoms with Crippen molar-refractivity contribution in [2.75, 3.05) is 31.1 Å². The third kappa shape index (κ3) is 5.68. The molecule has 8 nitrogen and oxygen atoms in total. The summed E-state index contributed by atoms with van der Waals surface area (Å²) in [6, 6.07) is 7.27. The van der Waals surface area contributed by atoms with Gasteiger partial charge in [0.1, 0.15) is 11.9 Å². The van der Waals surface area contributed by atoms with Crippen molar-refractivity contribution in [2.45, 2.75) is 51.9 Å². The highest BCUT2D eigenvalue weighted by molar-refractivity contribution is 7.13. The largest absolute Gasteiger partial charge is 0.408 e. The number of fused-ring (bicyclic) bond motifs is 1. The van der Waals surface area contributed by atoms with Crippen LogP contribution in [0.25, 0.3) is 27.5 Å². The lowest BCUT2D eigenvalue weighted by atomic mass is 10.1. The number of hydrogen-bond acceptors (Lipinski definition) is 7. The maximum Gasteiger partial charge on any atom is 0.408 e. The molecule has 2 atom stereocenters. The molecule has 0 aromatic carbocycles. The SMILES string of the molecule is CCN(CC)C(C)CNC(=O)c1cc(-c2cnn3ccc(-c4cccs4)nc23)nc(N2CCC[C@@H]2C(F)(F)F)c1. The Balaban J connectivity index is 1.55. The molecule has 5 rings (SSSR count). The lowest BCUT2D eigenvalue weighted by Crippen LogP contribution is -2.42. The number of amides is 1. The second kappa shape index (κ2) is 11.5. The van der Waals surface area contributed by atoms with Crippen molar-refractivity contribution >= 4 is 28.7 Å². The number of pyridine rings is 1. The number of anilines is 1. The van der Waals surface area contributed by atoms with E-state index in [4.69, 9.17) is 4.98 Å². The lowest BCUT2D eigenvalue weighted by Gasteiger charge is -2.28. The molecule has 0 bridgehead atoms. The number of aromatic nitrogens is 4. The standard InChI is InChI=1S/C28H32F3N7OS/c1-4-36(5-2)18(3)16-32-27(39)19-14-22(34-25(15-19)37-11-6-9-24(37)28(29,30)31)20-17-33-38-12-10-21(35-26(20)38)23-8-7-13-40-23/h7-8,10,12-15,17-18,24H,4-6,9,11,16H2,1-3H3,(H,32,39)/t18?,24-/m1/s1. The van der Waals surface area contributed by atoms with E-state index in [2.05, 4.69) is 34.1 Å². The van der Waals surface area contributed by atoms with E-state index >= 15 is 0 Å². The smallest absolute Gasteiger partial charge is 0.350 e. The number of hydrogen-bond donors (Lipinski definition) is 1. The van der Waals surface area contributed by atoms with Gasteiger partial charge in [0.25, 0.3) is 5.91 Å². The number of nitrogens with one attached hydrogen (secondary N) is 1. The number of nitrogens with zero attached hydrogens (tertiary/aromatic N) is 6. The van der Waals surface area contributed by atoms with Crippen molar-refractivity contribution in [2.24, 2.45) is 0 Å². The van der Waals surface area contributed by atoms with Gasteiger partial charge in [-0.15, -0.1) is 11.3 Å². The number of thiophene rings is 1. The Kier molecular flexibility index (Phi) is 8.09. The topological polar surface area (TPSA) is 78.7 Å². The first-order valence-corrected chi connectivity index (χ1v) is 14.3. The normalized spacial score (nSPS) is 16.7. The molecule has 0 spiro atoms. The second-order valence-electron chi connectivity index (χ2n) is 9.89. The van der Waals surface area contributed by atoms with Crippen molar-refractivity contribution in [1.29, 1.82) is 0 Å². The highest BCUT2D eigenvalue weighted by atomic mass is 32.1. The van der Waals surface area contributed by atoms with E-state index in [0.717, 1.165) is 23.7 Å². The quantitative estimate of drug-likeness (QED) is 0.286. The Bertz CT molecular complexity index is 1470. The molecule has 0 saturated carbocycles. The van der Waals surface area contributed by atoms with Crippen LogP contribution in [0.1, 0.15) is 44.0 Å². The minimum Gasteiger partial charge on any atom is -0.350 e. The van der Waals surface area contributed by atoms with Crippen LogP contribution in [-0.2, 0) is 0 Å². The van der Waals surface area contributed by atoms with Crippen molar-refractivity contribution in [3.05, 3.63) is 53.7 Å². The molecule has 4 aromatic rings. The van der Waals surface area contributed by atoms with Crippen LogP contribution in [0.4, 0.5) is 19.0 Å². The van der Waals surface area contributed by atoms with Gasteiger partial charge < -0.3 is 10.2 Å². The average Bonchev–Trinajstić information content (AvgIpc) is 3.72. The molecule has 1 aliphatic rings. The van der Waals surface area contributed by atoms with Crippen LogP contribution < -0.4 is 10.2 Å². The molecule has 1 unspecified atom stereocenters. The molecular weight excluding hydrogens is 539 g/mol. The van der Waals surface area contributed by atoms with Crippen molar-refractivity contribution in [3.63, 3.8) is 0 Å². The summed E-state index contributed by atoms with van der Waals surface area (Å²) in [7, 11) is 0. The monoisotopic (exact) mass is 571 g/mol. The fourth-order valence-electron chi connectivity index (χ4n) is 5.24. The van der Waals surface area contributed by atoms with E-state index in [1.807, 2.05) is 30.5 Å². The summed E-state index contributed by atoms with van der Waals surface area (Å²) in [5.41, 5.74) is 2.38. The maximum atomic E-state index is 13.9. The van der Waals surface area contributed by atoms with Gasteiger partial charge in [-0.25, -0.2) is 14.5 Å². The van der Waals surface area contributed by atoms with Crippen LogP contribution >= 0.6 is 11.3 Å². The van der Waals surface area contributed by atoms with Crippen LogP contribution in [0.3, 0.4) is 0 Å². The Labute approximate surface area is 234 Å². The highest BCUT2D eigenvalue weighted by Crippen LogP contribution is 2.37. The summed E-state index contributed by atoms with van der Waals surface area (Å²) in [4.78, 5) is 27.2. The molecule has 12 heteroatoms. The third-order valence-electron chi connectivity index (χ3n) is 7.41. The zero-order valence-electron chi connectivity index (χ0n) is 22.6. The van der Waals surface area contributed by atoms with E-state index in [-0.39, 0.29) is 36.3 Å².